The van der Waals surface area contributed by atoms with Crippen molar-refractivity contribution in [3.05, 3.63) is 0 Å². The molecule has 1 aliphatic rings. The SMILES string of the molecule is CCCC1(COC)CNC1. The first-order valence-electron chi connectivity index (χ1n) is 4.03. The van der Waals surface area contributed by atoms with Gasteiger partial charge in [0.2, 0.25) is 0 Å². The third-order valence-electron chi connectivity index (χ3n) is 2.23. The Morgan fingerprint density at radius 3 is 2.50 bits per heavy atom. The maximum absolute atomic E-state index is 5.16. The zero-order valence-electron chi connectivity index (χ0n) is 6.94. The van der Waals surface area contributed by atoms with Crippen molar-refractivity contribution in [2.75, 3.05) is 26.8 Å². The van der Waals surface area contributed by atoms with Crippen molar-refractivity contribution in [2.24, 2.45) is 5.41 Å². The second-order valence-electron chi connectivity index (χ2n) is 3.29. The average molecular weight is 143 g/mol. The maximum atomic E-state index is 5.16. The van der Waals surface area contributed by atoms with Crippen molar-refractivity contribution in [1.29, 1.82) is 0 Å². The van der Waals surface area contributed by atoms with E-state index >= 15 is 0 Å². The standard InChI is InChI=1S/C8H17NO/c1-3-4-8(7-10-2)5-9-6-8/h9H,3-7H2,1-2H3. The fourth-order valence-corrected chi connectivity index (χ4v) is 1.67. The lowest BCUT2D eigenvalue weighted by atomic mass is 9.78. The van der Waals surface area contributed by atoms with Crippen molar-refractivity contribution in [2.45, 2.75) is 19.8 Å². The first-order chi connectivity index (χ1) is 4.83. The second-order valence-corrected chi connectivity index (χ2v) is 3.29. The summed E-state index contributed by atoms with van der Waals surface area (Å²) in [6.45, 7) is 5.45. The first kappa shape index (κ1) is 8.02. The van der Waals surface area contributed by atoms with Crippen LogP contribution in [-0.2, 0) is 4.74 Å². The zero-order valence-corrected chi connectivity index (χ0v) is 6.94. The van der Waals surface area contributed by atoms with Gasteiger partial charge in [-0.05, 0) is 6.42 Å². The molecule has 1 aliphatic heterocycles. The number of ether oxygens (including phenoxy) is 1. The Balaban J connectivity index is 2.27. The molecule has 0 aromatic rings. The van der Waals surface area contributed by atoms with Gasteiger partial charge in [0.1, 0.15) is 0 Å². The number of hydrogen-bond acceptors (Lipinski definition) is 2. The van der Waals surface area contributed by atoms with E-state index in [1.54, 1.807) is 7.11 Å². The quantitative estimate of drug-likeness (QED) is 0.634. The highest BCUT2D eigenvalue weighted by Crippen LogP contribution is 2.28. The predicted molar refractivity (Wildman–Crippen MR) is 42.1 cm³/mol. The third kappa shape index (κ3) is 1.50. The summed E-state index contributed by atoms with van der Waals surface area (Å²) < 4.78 is 5.16. The lowest BCUT2D eigenvalue weighted by molar-refractivity contribution is 0.0299. The molecular weight excluding hydrogens is 126 g/mol. The monoisotopic (exact) mass is 143 g/mol. The van der Waals surface area contributed by atoms with E-state index in [0.717, 1.165) is 19.7 Å². The van der Waals surface area contributed by atoms with Gasteiger partial charge in [-0.25, -0.2) is 0 Å². The highest BCUT2D eigenvalue weighted by Gasteiger charge is 2.35. The second kappa shape index (κ2) is 3.35. The summed E-state index contributed by atoms with van der Waals surface area (Å²) in [5, 5.41) is 3.29. The highest BCUT2D eigenvalue weighted by molar-refractivity contribution is 4.91. The van der Waals surface area contributed by atoms with Crippen LogP contribution in [0.25, 0.3) is 0 Å². The van der Waals surface area contributed by atoms with Gasteiger partial charge in [-0.15, -0.1) is 0 Å². The van der Waals surface area contributed by atoms with Gasteiger partial charge in [0, 0.05) is 25.6 Å². The van der Waals surface area contributed by atoms with Crippen LogP contribution < -0.4 is 5.32 Å². The van der Waals surface area contributed by atoms with E-state index in [0.29, 0.717) is 5.41 Å². The molecule has 1 heterocycles. The van der Waals surface area contributed by atoms with Gasteiger partial charge in [-0.2, -0.15) is 0 Å². The summed E-state index contributed by atoms with van der Waals surface area (Å²) in [5.41, 5.74) is 0.490. The molecule has 0 atom stereocenters. The molecule has 10 heavy (non-hydrogen) atoms. The molecule has 1 rings (SSSR count). The number of nitrogens with one attached hydrogen (secondary N) is 1. The van der Waals surface area contributed by atoms with Crippen LogP contribution in [0.2, 0.25) is 0 Å². The number of methoxy groups -OCH3 is 1. The Labute approximate surface area is 63.0 Å². The van der Waals surface area contributed by atoms with E-state index < -0.39 is 0 Å². The topological polar surface area (TPSA) is 21.3 Å². The molecule has 1 fully saturated rings. The molecule has 0 saturated carbocycles. The first-order valence-corrected chi connectivity index (χ1v) is 4.03. The van der Waals surface area contributed by atoms with Crippen LogP contribution in [0, 0.1) is 5.41 Å². The van der Waals surface area contributed by atoms with E-state index in [1.165, 1.54) is 12.8 Å². The van der Waals surface area contributed by atoms with Gasteiger partial charge in [-0.3, -0.25) is 0 Å². The Hall–Kier alpha value is -0.0800. The van der Waals surface area contributed by atoms with Gasteiger partial charge in [-0.1, -0.05) is 13.3 Å². The normalized spacial score (nSPS) is 22.2. The minimum Gasteiger partial charge on any atom is -0.384 e. The summed E-state index contributed by atoms with van der Waals surface area (Å²) in [6.07, 6.45) is 2.57. The number of rotatable bonds is 4. The molecule has 0 spiro atoms. The molecular formula is C8H17NO. The largest absolute Gasteiger partial charge is 0.384 e. The van der Waals surface area contributed by atoms with Crippen LogP contribution in [0.15, 0.2) is 0 Å². The van der Waals surface area contributed by atoms with Gasteiger partial charge in [0.15, 0.2) is 0 Å². The average Bonchev–Trinajstić information content (AvgIpc) is 1.84. The molecule has 2 nitrogen and oxygen atoms in total. The molecule has 1 N–H and O–H groups in total. The summed E-state index contributed by atoms with van der Waals surface area (Å²) in [6, 6.07) is 0. The van der Waals surface area contributed by atoms with Gasteiger partial charge in [0.25, 0.3) is 0 Å². The lowest BCUT2D eigenvalue weighted by Crippen LogP contribution is -2.55. The fourth-order valence-electron chi connectivity index (χ4n) is 1.67. The molecule has 2 heteroatoms. The molecule has 0 unspecified atom stereocenters. The van der Waals surface area contributed by atoms with Crippen LogP contribution >= 0.6 is 0 Å². The summed E-state index contributed by atoms with van der Waals surface area (Å²) >= 11 is 0. The predicted octanol–water partition coefficient (Wildman–Crippen LogP) is 1.02. The molecule has 0 amide bonds. The lowest BCUT2D eigenvalue weighted by Gasteiger charge is -2.42. The summed E-state index contributed by atoms with van der Waals surface area (Å²) in [4.78, 5) is 0. The van der Waals surface area contributed by atoms with Crippen molar-refractivity contribution in [3.63, 3.8) is 0 Å². The van der Waals surface area contributed by atoms with Gasteiger partial charge in [0.05, 0.1) is 6.61 Å². The summed E-state index contributed by atoms with van der Waals surface area (Å²) in [7, 11) is 1.79. The van der Waals surface area contributed by atoms with Gasteiger partial charge >= 0.3 is 0 Å². The minimum absolute atomic E-state index is 0.490. The van der Waals surface area contributed by atoms with Crippen LogP contribution in [0.5, 0.6) is 0 Å². The molecule has 0 aromatic heterocycles. The van der Waals surface area contributed by atoms with Crippen LogP contribution in [0.1, 0.15) is 19.8 Å². The smallest absolute Gasteiger partial charge is 0.0543 e. The fraction of sp³-hybridized carbons (Fsp3) is 1.00. The Bertz CT molecular complexity index is 91.4. The van der Waals surface area contributed by atoms with Crippen molar-refractivity contribution in [1.82, 2.24) is 5.32 Å². The molecule has 60 valence electrons. The maximum Gasteiger partial charge on any atom is 0.0543 e. The van der Waals surface area contributed by atoms with E-state index in [1.807, 2.05) is 0 Å². The third-order valence-corrected chi connectivity index (χ3v) is 2.23. The zero-order chi connectivity index (χ0) is 7.45. The van der Waals surface area contributed by atoms with Crippen molar-refractivity contribution in [3.8, 4) is 0 Å². The van der Waals surface area contributed by atoms with Crippen molar-refractivity contribution >= 4 is 0 Å². The van der Waals surface area contributed by atoms with E-state index in [9.17, 15) is 0 Å². The minimum atomic E-state index is 0.490. The molecule has 0 aromatic carbocycles. The van der Waals surface area contributed by atoms with E-state index in [-0.39, 0.29) is 0 Å². The molecule has 0 aliphatic carbocycles. The van der Waals surface area contributed by atoms with Crippen LogP contribution in [0.4, 0.5) is 0 Å². The molecule has 0 bridgehead atoms. The molecule has 0 radical (unpaired) electrons. The molecule has 1 saturated heterocycles. The van der Waals surface area contributed by atoms with E-state index in [4.69, 9.17) is 4.74 Å². The Morgan fingerprint density at radius 2 is 2.20 bits per heavy atom. The van der Waals surface area contributed by atoms with Crippen LogP contribution in [-0.4, -0.2) is 26.8 Å². The van der Waals surface area contributed by atoms with Crippen LogP contribution in [0.3, 0.4) is 0 Å². The summed E-state index contributed by atoms with van der Waals surface area (Å²) in [5.74, 6) is 0. The number of hydrogen-bond donors (Lipinski definition) is 1. The highest BCUT2D eigenvalue weighted by atomic mass is 16.5. The Kier molecular flexibility index (Phi) is 2.69. The van der Waals surface area contributed by atoms with Crippen molar-refractivity contribution < 1.29 is 4.74 Å². The van der Waals surface area contributed by atoms with E-state index in [2.05, 4.69) is 12.2 Å². The Morgan fingerprint density at radius 1 is 1.50 bits per heavy atom. The van der Waals surface area contributed by atoms with Gasteiger partial charge < -0.3 is 10.1 Å².